The van der Waals surface area contributed by atoms with Gasteiger partial charge in [0, 0.05) is 18.7 Å². The molecule has 0 bridgehead atoms. The molecule has 0 aliphatic heterocycles. The molecule has 1 saturated carbocycles. The Labute approximate surface area is 170 Å². The zero-order chi connectivity index (χ0) is 20.2. The second-order valence-electron chi connectivity index (χ2n) is 9.24. The van der Waals surface area contributed by atoms with Gasteiger partial charge >= 0.3 is 0 Å². The highest BCUT2D eigenvalue weighted by atomic mass is 14.7. The fourth-order valence-electron chi connectivity index (χ4n) is 4.43. The lowest BCUT2D eigenvalue weighted by Gasteiger charge is -2.29. The van der Waals surface area contributed by atoms with E-state index in [0.717, 1.165) is 18.3 Å². The Hall–Kier alpha value is -0.850. The fraction of sp³-hybridized carbons (Fsp3) is 0.808. The first-order chi connectivity index (χ1) is 12.9. The van der Waals surface area contributed by atoms with Crippen LogP contribution in [0.1, 0.15) is 112 Å². The van der Waals surface area contributed by atoms with Gasteiger partial charge in [-0.05, 0) is 63.4 Å². The van der Waals surface area contributed by atoms with Crippen LogP contribution >= 0.6 is 0 Å². The van der Waals surface area contributed by atoms with Gasteiger partial charge in [0.05, 0.1) is 0 Å². The van der Waals surface area contributed by atoms with Crippen molar-refractivity contribution in [3.8, 4) is 0 Å². The maximum absolute atomic E-state index is 4.70. The minimum absolute atomic E-state index is 0.522. The molecule has 27 heavy (non-hydrogen) atoms. The monoisotopic (exact) mass is 373 g/mol. The molecule has 0 aromatic heterocycles. The van der Waals surface area contributed by atoms with Crippen molar-refractivity contribution in [1.29, 1.82) is 0 Å². The van der Waals surface area contributed by atoms with Gasteiger partial charge in [-0.1, -0.05) is 83.4 Å². The van der Waals surface area contributed by atoms with E-state index >= 15 is 0 Å². The summed E-state index contributed by atoms with van der Waals surface area (Å²) in [6.45, 7) is 13.9. The van der Waals surface area contributed by atoms with Gasteiger partial charge in [-0.25, -0.2) is 0 Å². The van der Waals surface area contributed by atoms with E-state index in [9.17, 15) is 0 Å². The summed E-state index contributed by atoms with van der Waals surface area (Å²) >= 11 is 0. The Bertz CT molecular complexity index is 500. The summed E-state index contributed by atoms with van der Waals surface area (Å²) in [6, 6.07) is 0. The van der Waals surface area contributed by atoms with Crippen LogP contribution < -0.4 is 0 Å². The molecule has 1 heteroatoms. The third-order valence-corrected chi connectivity index (χ3v) is 6.47. The predicted molar refractivity (Wildman–Crippen MR) is 124 cm³/mol. The SMILES string of the molecule is CCC/C(CCC(C)C)=C(\C=C(\C)CC)[C@@H](CC1CCCCC1)C(C)=NC. The Kier molecular flexibility index (Phi) is 12.0. The molecule has 0 aromatic rings. The molecule has 0 saturated heterocycles. The van der Waals surface area contributed by atoms with E-state index in [1.54, 1.807) is 11.1 Å². The molecule has 0 unspecified atom stereocenters. The molecule has 0 N–H and O–H groups in total. The van der Waals surface area contributed by atoms with E-state index in [1.807, 2.05) is 7.05 Å². The normalized spacial score (nSPS) is 19.4. The van der Waals surface area contributed by atoms with E-state index in [2.05, 4.69) is 47.6 Å². The van der Waals surface area contributed by atoms with E-state index in [-0.39, 0.29) is 0 Å². The van der Waals surface area contributed by atoms with Crippen molar-refractivity contribution in [2.45, 2.75) is 112 Å². The van der Waals surface area contributed by atoms with Crippen LogP contribution in [0.4, 0.5) is 0 Å². The molecule has 156 valence electrons. The van der Waals surface area contributed by atoms with Crippen LogP contribution in [0.2, 0.25) is 0 Å². The number of nitrogens with zero attached hydrogens (tertiary/aromatic N) is 1. The largest absolute Gasteiger partial charge is 0.297 e. The smallest absolute Gasteiger partial charge is 0.0276 e. The first-order valence-corrected chi connectivity index (χ1v) is 11.7. The van der Waals surface area contributed by atoms with Crippen molar-refractivity contribution in [3.05, 3.63) is 22.8 Å². The molecule has 0 spiro atoms. The molecule has 0 aromatic carbocycles. The highest BCUT2D eigenvalue weighted by molar-refractivity contribution is 5.87. The number of hydrogen-bond donors (Lipinski definition) is 0. The number of hydrogen-bond acceptors (Lipinski definition) is 1. The van der Waals surface area contributed by atoms with Crippen molar-refractivity contribution < 1.29 is 0 Å². The average Bonchev–Trinajstić information content (AvgIpc) is 2.67. The Morgan fingerprint density at radius 1 is 1.04 bits per heavy atom. The minimum Gasteiger partial charge on any atom is -0.297 e. The van der Waals surface area contributed by atoms with Crippen LogP contribution in [0, 0.1) is 17.8 Å². The van der Waals surface area contributed by atoms with Crippen molar-refractivity contribution >= 4 is 5.71 Å². The summed E-state index contributed by atoms with van der Waals surface area (Å²) in [5, 5.41) is 0. The molecule has 0 heterocycles. The van der Waals surface area contributed by atoms with Crippen molar-refractivity contribution in [2.24, 2.45) is 22.7 Å². The Balaban J connectivity index is 3.31. The molecule has 0 amide bonds. The van der Waals surface area contributed by atoms with Crippen LogP contribution in [-0.4, -0.2) is 12.8 Å². The van der Waals surface area contributed by atoms with Gasteiger partial charge in [-0.15, -0.1) is 0 Å². The first-order valence-electron chi connectivity index (χ1n) is 11.7. The number of aliphatic imine (C=N–C) groups is 1. The van der Waals surface area contributed by atoms with E-state index in [4.69, 9.17) is 4.99 Å². The summed E-state index contributed by atoms with van der Waals surface area (Å²) in [5.74, 6) is 2.18. The lowest BCUT2D eigenvalue weighted by Crippen LogP contribution is -2.21. The predicted octanol–water partition coefficient (Wildman–Crippen LogP) is 8.55. The fourth-order valence-corrected chi connectivity index (χ4v) is 4.43. The van der Waals surface area contributed by atoms with Gasteiger partial charge < -0.3 is 0 Å². The molecule has 1 rings (SSSR count). The molecule has 1 nitrogen and oxygen atoms in total. The summed E-state index contributed by atoms with van der Waals surface area (Å²) < 4.78 is 0. The highest BCUT2D eigenvalue weighted by Gasteiger charge is 2.25. The van der Waals surface area contributed by atoms with Crippen LogP contribution in [0.5, 0.6) is 0 Å². The van der Waals surface area contributed by atoms with Gasteiger partial charge in [0.1, 0.15) is 0 Å². The Morgan fingerprint density at radius 3 is 2.22 bits per heavy atom. The molecular weight excluding hydrogens is 326 g/mol. The minimum atomic E-state index is 0.522. The van der Waals surface area contributed by atoms with E-state index < -0.39 is 0 Å². The van der Waals surface area contributed by atoms with E-state index in [1.165, 1.54) is 75.5 Å². The number of allylic oxidation sites excluding steroid dienone is 4. The molecular formula is C26H47N. The quantitative estimate of drug-likeness (QED) is 0.254. The summed E-state index contributed by atoms with van der Waals surface area (Å²) in [4.78, 5) is 4.70. The second-order valence-corrected chi connectivity index (χ2v) is 9.24. The highest BCUT2D eigenvalue weighted by Crippen LogP contribution is 2.36. The van der Waals surface area contributed by atoms with Crippen molar-refractivity contribution in [2.75, 3.05) is 7.05 Å². The van der Waals surface area contributed by atoms with Crippen LogP contribution in [0.15, 0.2) is 27.8 Å². The van der Waals surface area contributed by atoms with E-state index in [0.29, 0.717) is 5.92 Å². The molecule has 1 fully saturated rings. The molecule has 1 aliphatic rings. The second kappa shape index (κ2) is 13.3. The standard InChI is InChI=1S/C26H47N/c1-8-13-24(17-16-20(3)4)26(18-21(5)9-2)25(22(6)27-7)19-23-14-11-10-12-15-23/h18,20,23,25H,8-17,19H2,1-7H3/b21-18-,26-24-,27-22?/t25-/m0/s1. The number of rotatable bonds is 11. The summed E-state index contributed by atoms with van der Waals surface area (Å²) in [6.07, 6.45) is 17.2. The maximum Gasteiger partial charge on any atom is 0.0276 e. The summed E-state index contributed by atoms with van der Waals surface area (Å²) in [5.41, 5.74) is 6.20. The van der Waals surface area contributed by atoms with Crippen LogP contribution in [-0.2, 0) is 0 Å². The summed E-state index contributed by atoms with van der Waals surface area (Å²) in [7, 11) is 1.99. The van der Waals surface area contributed by atoms with Crippen LogP contribution in [0.25, 0.3) is 0 Å². The molecule has 1 aliphatic carbocycles. The van der Waals surface area contributed by atoms with Crippen molar-refractivity contribution in [3.63, 3.8) is 0 Å². The zero-order valence-corrected chi connectivity index (χ0v) is 19.5. The van der Waals surface area contributed by atoms with Gasteiger partial charge in [-0.3, -0.25) is 4.99 Å². The first kappa shape index (κ1) is 24.2. The lowest BCUT2D eigenvalue weighted by molar-refractivity contribution is 0.325. The zero-order valence-electron chi connectivity index (χ0n) is 19.5. The maximum atomic E-state index is 4.70. The van der Waals surface area contributed by atoms with Gasteiger partial charge in [0.25, 0.3) is 0 Å². The van der Waals surface area contributed by atoms with Gasteiger partial charge in [0.2, 0.25) is 0 Å². The van der Waals surface area contributed by atoms with Crippen LogP contribution in [0.3, 0.4) is 0 Å². The average molecular weight is 374 g/mol. The molecule has 1 atom stereocenters. The lowest BCUT2D eigenvalue weighted by atomic mass is 9.76. The Morgan fingerprint density at radius 2 is 1.70 bits per heavy atom. The van der Waals surface area contributed by atoms with Crippen molar-refractivity contribution in [1.82, 2.24) is 0 Å². The third kappa shape index (κ3) is 8.79. The topological polar surface area (TPSA) is 12.4 Å². The van der Waals surface area contributed by atoms with Gasteiger partial charge in [0.15, 0.2) is 0 Å². The van der Waals surface area contributed by atoms with Gasteiger partial charge in [-0.2, -0.15) is 0 Å². The molecule has 0 radical (unpaired) electrons. The third-order valence-electron chi connectivity index (χ3n) is 6.47.